The van der Waals surface area contributed by atoms with Crippen molar-refractivity contribution < 1.29 is 4.74 Å². The van der Waals surface area contributed by atoms with E-state index in [-0.39, 0.29) is 11.8 Å². The van der Waals surface area contributed by atoms with Crippen LogP contribution in [0.5, 0.6) is 5.88 Å². The van der Waals surface area contributed by atoms with Gasteiger partial charge in [0.05, 0.1) is 5.92 Å². The summed E-state index contributed by atoms with van der Waals surface area (Å²) in [4.78, 5) is 0. The molecule has 1 aliphatic heterocycles. The van der Waals surface area contributed by atoms with Crippen molar-refractivity contribution in [2.45, 2.75) is 32.6 Å². The number of rotatable bonds is 4. The second kappa shape index (κ2) is 6.63. The van der Waals surface area contributed by atoms with Crippen LogP contribution in [0, 0.1) is 11.3 Å². The summed E-state index contributed by atoms with van der Waals surface area (Å²) in [6.07, 6.45) is 3.90. The molecule has 3 rings (SSSR count). The zero-order chi connectivity index (χ0) is 17.1. The summed E-state index contributed by atoms with van der Waals surface area (Å²) < 4.78 is 5.56. The molecule has 0 spiro atoms. The monoisotopic (exact) mass is 320 g/mol. The molecule has 1 atom stereocenters. The van der Waals surface area contributed by atoms with Crippen LogP contribution >= 0.6 is 0 Å². The number of hydrogen-bond donors (Lipinski definition) is 2. The molecule has 0 amide bonds. The lowest BCUT2D eigenvalue weighted by atomic mass is 9.83. The molecule has 2 aromatic rings. The van der Waals surface area contributed by atoms with Gasteiger partial charge in [0.25, 0.3) is 0 Å². The highest BCUT2D eigenvalue weighted by atomic mass is 16.5. The van der Waals surface area contributed by atoms with E-state index in [2.05, 4.69) is 29.3 Å². The molecule has 0 radical (unpaired) electrons. The number of ether oxygens (including phenoxy) is 1. The van der Waals surface area contributed by atoms with Crippen molar-refractivity contribution in [1.29, 1.82) is 5.26 Å². The van der Waals surface area contributed by atoms with Crippen LogP contribution in [-0.4, -0.2) is 10.2 Å². The predicted molar refractivity (Wildman–Crippen MR) is 92.9 cm³/mol. The van der Waals surface area contributed by atoms with Gasteiger partial charge in [-0.3, -0.25) is 5.10 Å². The van der Waals surface area contributed by atoms with Gasteiger partial charge in [-0.25, -0.2) is 0 Å². The Kier molecular flexibility index (Phi) is 4.39. The van der Waals surface area contributed by atoms with E-state index in [1.165, 1.54) is 0 Å². The number of aromatic amines is 1. The highest BCUT2D eigenvalue weighted by molar-refractivity contribution is 5.61. The molecule has 24 heavy (non-hydrogen) atoms. The van der Waals surface area contributed by atoms with E-state index >= 15 is 0 Å². The number of aryl methyl sites for hydroxylation is 1. The number of aromatic nitrogens is 2. The van der Waals surface area contributed by atoms with Gasteiger partial charge in [-0.1, -0.05) is 55.3 Å². The Hall–Kier alpha value is -3.00. The number of H-pyrrole nitrogens is 1. The van der Waals surface area contributed by atoms with E-state index in [0.717, 1.165) is 35.2 Å². The van der Waals surface area contributed by atoms with Gasteiger partial charge in [-0.15, -0.1) is 5.10 Å². The fourth-order valence-electron chi connectivity index (χ4n) is 3.10. The second-order valence-electron chi connectivity index (χ2n) is 5.89. The van der Waals surface area contributed by atoms with E-state index in [4.69, 9.17) is 10.5 Å². The van der Waals surface area contributed by atoms with Gasteiger partial charge in [0, 0.05) is 11.3 Å². The van der Waals surface area contributed by atoms with Crippen molar-refractivity contribution in [3.8, 4) is 11.9 Å². The van der Waals surface area contributed by atoms with Crippen LogP contribution in [0.2, 0.25) is 0 Å². The summed E-state index contributed by atoms with van der Waals surface area (Å²) in [7, 11) is 0. The lowest BCUT2D eigenvalue weighted by Gasteiger charge is -2.24. The molecular formula is C19H20N4O. The zero-order valence-corrected chi connectivity index (χ0v) is 13.8. The van der Waals surface area contributed by atoms with Crippen LogP contribution in [0.25, 0.3) is 6.08 Å². The van der Waals surface area contributed by atoms with E-state index in [9.17, 15) is 5.26 Å². The van der Waals surface area contributed by atoms with Crippen LogP contribution in [0.3, 0.4) is 0 Å². The first-order valence-electron chi connectivity index (χ1n) is 8.03. The molecule has 122 valence electrons. The Bertz CT molecular complexity index is 840. The number of benzene rings is 1. The maximum atomic E-state index is 9.60. The maximum absolute atomic E-state index is 9.60. The molecule has 1 aromatic carbocycles. The minimum absolute atomic E-state index is 0.130. The second-order valence-corrected chi connectivity index (χ2v) is 5.89. The lowest BCUT2D eigenvalue weighted by molar-refractivity contribution is 0.378. The third-order valence-electron chi connectivity index (χ3n) is 4.17. The minimum Gasteiger partial charge on any atom is -0.420 e. The molecule has 0 saturated carbocycles. The summed E-state index contributed by atoms with van der Waals surface area (Å²) in [6, 6.07) is 12.2. The third kappa shape index (κ3) is 2.79. The number of nitrogens with zero attached hydrogens (tertiary/aromatic N) is 2. The molecule has 5 heteroatoms. The third-order valence-corrected chi connectivity index (χ3v) is 4.17. The number of nitrogens with one attached hydrogen (secondary N) is 1. The van der Waals surface area contributed by atoms with Gasteiger partial charge in [0.15, 0.2) is 0 Å². The van der Waals surface area contributed by atoms with Gasteiger partial charge in [-0.2, -0.15) is 5.26 Å². The number of nitriles is 1. The van der Waals surface area contributed by atoms with Gasteiger partial charge in [0.2, 0.25) is 11.8 Å². The molecular weight excluding hydrogens is 300 g/mol. The average Bonchev–Trinajstić information content (AvgIpc) is 2.97. The summed E-state index contributed by atoms with van der Waals surface area (Å²) >= 11 is 0. The Balaban J connectivity index is 2.12. The van der Waals surface area contributed by atoms with E-state index < -0.39 is 0 Å². The van der Waals surface area contributed by atoms with E-state index in [1.54, 1.807) is 0 Å². The highest BCUT2D eigenvalue weighted by Gasteiger charge is 2.34. The van der Waals surface area contributed by atoms with Crippen LogP contribution in [-0.2, 0) is 6.42 Å². The van der Waals surface area contributed by atoms with Gasteiger partial charge >= 0.3 is 0 Å². The van der Waals surface area contributed by atoms with Crippen molar-refractivity contribution in [1.82, 2.24) is 10.2 Å². The molecule has 5 nitrogen and oxygen atoms in total. The first kappa shape index (κ1) is 15.9. The Morgan fingerprint density at radius 2 is 2.17 bits per heavy atom. The van der Waals surface area contributed by atoms with Gasteiger partial charge in [0.1, 0.15) is 11.6 Å². The van der Waals surface area contributed by atoms with Crippen LogP contribution in [0.4, 0.5) is 0 Å². The summed E-state index contributed by atoms with van der Waals surface area (Å²) in [5, 5.41) is 16.9. The predicted octanol–water partition coefficient (Wildman–Crippen LogP) is 3.64. The molecule has 1 aliphatic rings. The van der Waals surface area contributed by atoms with Crippen molar-refractivity contribution in [3.63, 3.8) is 0 Å². The number of nitrogens with two attached hydrogens (primary N) is 1. The maximum Gasteiger partial charge on any atom is 0.244 e. The molecule has 2 heterocycles. The lowest BCUT2D eigenvalue weighted by Crippen LogP contribution is -2.21. The summed E-state index contributed by atoms with van der Waals surface area (Å²) in [5.74, 6) is 0.366. The Morgan fingerprint density at radius 3 is 2.83 bits per heavy atom. The fraction of sp³-hybridized carbons (Fsp3) is 0.263. The molecule has 0 saturated heterocycles. The standard InChI is InChI=1S/C19H20N4O/c1-3-7-15-17-16(12(2)10-13-8-5-4-6-9-13)14(11-20)18(21)24-19(17)23-22-15/h4-6,8-10,16H,3,7,21H2,1-2H3,(H,22,23)/b12-10+/t16-/m1/s1. The highest BCUT2D eigenvalue weighted by Crippen LogP contribution is 2.43. The van der Waals surface area contributed by atoms with E-state index in [1.807, 2.05) is 37.3 Å². The molecule has 0 aliphatic carbocycles. The van der Waals surface area contributed by atoms with Gasteiger partial charge < -0.3 is 10.5 Å². The largest absolute Gasteiger partial charge is 0.420 e. The van der Waals surface area contributed by atoms with Crippen LogP contribution in [0.1, 0.15) is 43.0 Å². The molecule has 3 N–H and O–H groups in total. The first-order chi connectivity index (χ1) is 11.7. The van der Waals surface area contributed by atoms with Gasteiger partial charge in [-0.05, 0) is 18.9 Å². The Morgan fingerprint density at radius 1 is 1.42 bits per heavy atom. The summed E-state index contributed by atoms with van der Waals surface area (Å²) in [6.45, 7) is 4.12. The molecule has 1 aromatic heterocycles. The number of hydrogen-bond acceptors (Lipinski definition) is 4. The number of fused-ring (bicyclic) bond motifs is 1. The topological polar surface area (TPSA) is 87.7 Å². The first-order valence-corrected chi connectivity index (χ1v) is 8.03. The minimum atomic E-state index is -0.237. The van der Waals surface area contributed by atoms with Crippen molar-refractivity contribution in [2.75, 3.05) is 0 Å². The molecule has 0 bridgehead atoms. The van der Waals surface area contributed by atoms with Crippen molar-refractivity contribution >= 4 is 6.08 Å². The van der Waals surface area contributed by atoms with E-state index in [0.29, 0.717) is 11.5 Å². The molecule has 0 fully saturated rings. The zero-order valence-electron chi connectivity index (χ0n) is 13.8. The van der Waals surface area contributed by atoms with Crippen molar-refractivity contribution in [3.05, 3.63) is 64.2 Å². The quantitative estimate of drug-likeness (QED) is 0.900. The molecule has 0 unspecified atom stereocenters. The Labute approximate surface area is 141 Å². The van der Waals surface area contributed by atoms with Crippen LogP contribution < -0.4 is 10.5 Å². The SMILES string of the molecule is CCCc1[nH]nc2c1[C@H](/C(C)=C/c1ccccc1)C(C#N)=C(N)O2. The number of allylic oxidation sites excluding steroid dienone is 2. The normalized spacial score (nSPS) is 17.2. The smallest absolute Gasteiger partial charge is 0.244 e. The van der Waals surface area contributed by atoms with Crippen LogP contribution in [0.15, 0.2) is 47.4 Å². The summed E-state index contributed by atoms with van der Waals surface area (Å²) in [5.41, 5.74) is 10.4. The van der Waals surface area contributed by atoms with Crippen molar-refractivity contribution in [2.24, 2.45) is 5.73 Å². The average molecular weight is 320 g/mol. The fourth-order valence-corrected chi connectivity index (χ4v) is 3.10.